The van der Waals surface area contributed by atoms with Gasteiger partial charge in [0.05, 0.1) is 6.54 Å². The van der Waals surface area contributed by atoms with Crippen molar-refractivity contribution in [1.29, 1.82) is 0 Å². The number of aliphatic imine (C=N–C) groups is 1. The number of amides is 1. The van der Waals surface area contributed by atoms with Crippen molar-refractivity contribution in [2.45, 2.75) is 83.2 Å². The Labute approximate surface area is 171 Å². The smallest absolute Gasteiger partial charge is 0.225 e. The fourth-order valence-corrected chi connectivity index (χ4v) is 5.05. The van der Waals surface area contributed by atoms with Gasteiger partial charge in [-0.05, 0) is 46.1 Å². The van der Waals surface area contributed by atoms with Crippen molar-refractivity contribution >= 4 is 11.9 Å². The van der Waals surface area contributed by atoms with Gasteiger partial charge in [0, 0.05) is 44.2 Å². The highest BCUT2D eigenvalue weighted by Gasteiger charge is 2.31. The average Bonchev–Trinajstić information content (AvgIpc) is 3.40. The van der Waals surface area contributed by atoms with Crippen LogP contribution in [-0.4, -0.2) is 73.5 Å². The third-order valence-corrected chi connectivity index (χ3v) is 6.81. The number of likely N-dealkylation sites (N-methyl/N-ethyl adjacent to an activating group) is 1. The van der Waals surface area contributed by atoms with Gasteiger partial charge < -0.3 is 20.4 Å². The van der Waals surface area contributed by atoms with Crippen LogP contribution in [0.5, 0.6) is 0 Å². The molecule has 2 saturated carbocycles. The molecule has 3 fully saturated rings. The second-order valence-electron chi connectivity index (χ2n) is 8.93. The first-order chi connectivity index (χ1) is 13.7. The van der Waals surface area contributed by atoms with Crippen molar-refractivity contribution in [3.05, 3.63) is 0 Å². The zero-order valence-corrected chi connectivity index (χ0v) is 18.1. The molecule has 3 aliphatic rings. The number of hydrogen-bond acceptors (Lipinski definition) is 3. The van der Waals surface area contributed by atoms with Crippen molar-refractivity contribution in [1.82, 2.24) is 20.4 Å². The van der Waals surface area contributed by atoms with Crippen LogP contribution >= 0.6 is 0 Å². The molecule has 0 radical (unpaired) electrons. The summed E-state index contributed by atoms with van der Waals surface area (Å²) in [4.78, 5) is 22.1. The van der Waals surface area contributed by atoms with Crippen LogP contribution in [0.2, 0.25) is 0 Å². The summed E-state index contributed by atoms with van der Waals surface area (Å²) in [5.74, 6) is 1.57. The molecule has 3 rings (SSSR count). The van der Waals surface area contributed by atoms with E-state index in [-0.39, 0.29) is 5.92 Å². The molecule has 1 heterocycles. The van der Waals surface area contributed by atoms with E-state index in [1.807, 2.05) is 0 Å². The molecule has 0 bridgehead atoms. The van der Waals surface area contributed by atoms with Crippen LogP contribution in [0.1, 0.15) is 71.1 Å². The minimum Gasteiger partial charge on any atom is -0.357 e. The SMILES string of the molecule is CCNC(=NCCN(C)C1CCCC1)NC1CCN(C(=O)C2CCCCC2)C1. The highest BCUT2D eigenvalue weighted by Crippen LogP contribution is 2.26. The minimum atomic E-state index is 0.278. The summed E-state index contributed by atoms with van der Waals surface area (Å²) in [6.45, 7) is 6.51. The van der Waals surface area contributed by atoms with Crippen molar-refractivity contribution in [2.24, 2.45) is 10.9 Å². The Bertz CT molecular complexity index is 511. The molecule has 0 aromatic rings. The van der Waals surface area contributed by atoms with Gasteiger partial charge in [0.2, 0.25) is 5.91 Å². The number of likely N-dealkylation sites (tertiary alicyclic amines) is 1. The Hall–Kier alpha value is -1.30. The fourth-order valence-electron chi connectivity index (χ4n) is 5.05. The first-order valence-corrected chi connectivity index (χ1v) is 11.7. The van der Waals surface area contributed by atoms with Gasteiger partial charge >= 0.3 is 0 Å². The minimum absolute atomic E-state index is 0.278. The second-order valence-corrected chi connectivity index (χ2v) is 8.93. The molecule has 2 N–H and O–H groups in total. The second kappa shape index (κ2) is 11.0. The van der Waals surface area contributed by atoms with Gasteiger partial charge in [-0.1, -0.05) is 32.1 Å². The van der Waals surface area contributed by atoms with E-state index in [1.165, 1.54) is 44.9 Å². The lowest BCUT2D eigenvalue weighted by atomic mass is 9.88. The summed E-state index contributed by atoms with van der Waals surface area (Å²) in [7, 11) is 2.23. The van der Waals surface area contributed by atoms with E-state index in [1.54, 1.807) is 0 Å². The predicted octanol–water partition coefficient (Wildman–Crippen LogP) is 2.60. The van der Waals surface area contributed by atoms with Crippen LogP contribution in [0, 0.1) is 5.92 Å². The Morgan fingerprint density at radius 3 is 2.50 bits per heavy atom. The monoisotopic (exact) mass is 391 g/mol. The Kier molecular flexibility index (Phi) is 8.44. The Balaban J connectivity index is 1.43. The van der Waals surface area contributed by atoms with Gasteiger partial charge in [0.25, 0.3) is 0 Å². The number of carbonyl (C=O) groups excluding carboxylic acids is 1. The Morgan fingerprint density at radius 1 is 1.07 bits per heavy atom. The maximum atomic E-state index is 12.8. The molecule has 1 unspecified atom stereocenters. The third kappa shape index (κ3) is 6.10. The Morgan fingerprint density at radius 2 is 1.79 bits per heavy atom. The number of rotatable bonds is 7. The summed E-state index contributed by atoms with van der Waals surface area (Å²) >= 11 is 0. The lowest BCUT2D eigenvalue weighted by Gasteiger charge is -2.26. The molecule has 1 atom stereocenters. The van der Waals surface area contributed by atoms with Gasteiger partial charge in [-0.2, -0.15) is 0 Å². The van der Waals surface area contributed by atoms with Crippen molar-refractivity contribution in [3.8, 4) is 0 Å². The topological polar surface area (TPSA) is 60.0 Å². The van der Waals surface area contributed by atoms with Crippen LogP contribution in [0.15, 0.2) is 4.99 Å². The van der Waals surface area contributed by atoms with Crippen molar-refractivity contribution in [3.63, 3.8) is 0 Å². The van der Waals surface area contributed by atoms with Crippen molar-refractivity contribution in [2.75, 3.05) is 39.8 Å². The zero-order valence-electron chi connectivity index (χ0n) is 18.1. The molecule has 0 aromatic carbocycles. The van der Waals surface area contributed by atoms with Gasteiger partial charge in [-0.3, -0.25) is 9.79 Å². The van der Waals surface area contributed by atoms with E-state index < -0.39 is 0 Å². The first kappa shape index (κ1) is 21.4. The maximum absolute atomic E-state index is 12.8. The van der Waals surface area contributed by atoms with E-state index in [9.17, 15) is 4.79 Å². The quantitative estimate of drug-likeness (QED) is 0.517. The van der Waals surface area contributed by atoms with E-state index in [4.69, 9.17) is 4.99 Å². The maximum Gasteiger partial charge on any atom is 0.225 e. The molecular formula is C22H41N5O. The lowest BCUT2D eigenvalue weighted by molar-refractivity contribution is -0.135. The van der Waals surface area contributed by atoms with Gasteiger partial charge in [0.15, 0.2) is 5.96 Å². The molecule has 0 spiro atoms. The van der Waals surface area contributed by atoms with Crippen LogP contribution < -0.4 is 10.6 Å². The molecule has 2 aliphatic carbocycles. The molecule has 1 saturated heterocycles. The number of nitrogens with one attached hydrogen (secondary N) is 2. The molecule has 0 aromatic heterocycles. The van der Waals surface area contributed by atoms with Gasteiger partial charge in [-0.25, -0.2) is 0 Å². The van der Waals surface area contributed by atoms with Crippen LogP contribution in [0.25, 0.3) is 0 Å². The summed E-state index contributed by atoms with van der Waals surface area (Å²) in [5.41, 5.74) is 0. The molecule has 1 amide bonds. The van der Waals surface area contributed by atoms with Gasteiger partial charge in [0.1, 0.15) is 0 Å². The number of hydrogen-bond donors (Lipinski definition) is 2. The predicted molar refractivity (Wildman–Crippen MR) is 116 cm³/mol. The summed E-state index contributed by atoms with van der Waals surface area (Å²) in [5, 5.41) is 6.95. The van der Waals surface area contributed by atoms with Gasteiger partial charge in [-0.15, -0.1) is 0 Å². The molecule has 6 nitrogen and oxygen atoms in total. The normalized spacial score (nSPS) is 24.9. The average molecular weight is 392 g/mol. The standard InChI is InChI=1S/C22H41N5O/c1-3-23-22(24-14-16-26(2)20-11-7-8-12-20)25-19-13-15-27(17-19)21(28)18-9-5-4-6-10-18/h18-20H,3-17H2,1-2H3,(H2,23,24,25). The van der Waals surface area contributed by atoms with Crippen molar-refractivity contribution < 1.29 is 4.79 Å². The summed E-state index contributed by atoms with van der Waals surface area (Å²) in [6.07, 6.45) is 12.4. The highest BCUT2D eigenvalue weighted by molar-refractivity contribution is 5.81. The number of guanidine groups is 1. The number of carbonyl (C=O) groups is 1. The largest absolute Gasteiger partial charge is 0.357 e. The highest BCUT2D eigenvalue weighted by atomic mass is 16.2. The van der Waals surface area contributed by atoms with Crippen LogP contribution in [-0.2, 0) is 4.79 Å². The van der Waals surface area contributed by atoms with Crippen LogP contribution in [0.4, 0.5) is 0 Å². The third-order valence-electron chi connectivity index (χ3n) is 6.81. The molecule has 28 heavy (non-hydrogen) atoms. The zero-order chi connectivity index (χ0) is 19.8. The molecule has 6 heteroatoms. The molecular weight excluding hydrogens is 350 g/mol. The molecule has 160 valence electrons. The first-order valence-electron chi connectivity index (χ1n) is 11.7. The van der Waals surface area contributed by atoms with Crippen LogP contribution in [0.3, 0.4) is 0 Å². The fraction of sp³-hybridized carbons (Fsp3) is 0.909. The summed E-state index contributed by atoms with van der Waals surface area (Å²) < 4.78 is 0. The van der Waals surface area contributed by atoms with E-state index in [0.29, 0.717) is 11.9 Å². The van der Waals surface area contributed by atoms with E-state index >= 15 is 0 Å². The number of nitrogens with zero attached hydrogens (tertiary/aromatic N) is 3. The van der Waals surface area contributed by atoms with E-state index in [0.717, 1.165) is 64.0 Å². The molecule has 1 aliphatic heterocycles. The van der Waals surface area contributed by atoms with E-state index in [2.05, 4.69) is 34.4 Å². The summed E-state index contributed by atoms with van der Waals surface area (Å²) in [6, 6.07) is 1.07. The lowest BCUT2D eigenvalue weighted by Crippen LogP contribution is -2.46.